The van der Waals surface area contributed by atoms with Crippen molar-refractivity contribution in [2.24, 2.45) is 0 Å². The van der Waals surface area contributed by atoms with Gasteiger partial charge >= 0.3 is 0 Å². The molecule has 1 aliphatic rings. The molecule has 106 valence electrons. The van der Waals surface area contributed by atoms with Gasteiger partial charge in [-0.3, -0.25) is 0 Å². The molecule has 1 aliphatic heterocycles. The second kappa shape index (κ2) is 5.22. The number of hydrogen-bond donors (Lipinski definition) is 1. The van der Waals surface area contributed by atoms with Crippen molar-refractivity contribution in [3.05, 3.63) is 35.4 Å². The average molecular weight is 285 g/mol. The van der Waals surface area contributed by atoms with Gasteiger partial charge in [-0.25, -0.2) is 13.2 Å². The third-order valence-corrected chi connectivity index (χ3v) is 2.89. The number of nitrogens with zero attached hydrogens (tertiary/aromatic N) is 2. The highest BCUT2D eigenvalue weighted by Gasteiger charge is 2.23. The summed E-state index contributed by atoms with van der Waals surface area (Å²) in [5.74, 6) is -3.97. The van der Waals surface area contributed by atoms with Gasteiger partial charge in [0.1, 0.15) is 6.10 Å². The third kappa shape index (κ3) is 2.39. The summed E-state index contributed by atoms with van der Waals surface area (Å²) in [5.41, 5.74) is -0.0241. The molecule has 20 heavy (non-hydrogen) atoms. The molecule has 1 fully saturated rings. The number of rotatable bonds is 2. The summed E-state index contributed by atoms with van der Waals surface area (Å²) in [6.45, 7) is 1.76. The molecule has 1 aromatic carbocycles. The molecule has 5 nitrogen and oxygen atoms in total. The second-order valence-corrected chi connectivity index (χ2v) is 4.28. The van der Waals surface area contributed by atoms with Gasteiger partial charge in [0.25, 0.3) is 5.89 Å². The lowest BCUT2D eigenvalue weighted by Crippen LogP contribution is -2.33. The van der Waals surface area contributed by atoms with E-state index in [4.69, 9.17) is 9.26 Å². The molecule has 1 aromatic heterocycles. The van der Waals surface area contributed by atoms with Gasteiger partial charge in [-0.05, 0) is 12.1 Å². The van der Waals surface area contributed by atoms with E-state index in [2.05, 4.69) is 15.5 Å². The Morgan fingerprint density at radius 2 is 1.95 bits per heavy atom. The third-order valence-electron chi connectivity index (χ3n) is 2.89. The fourth-order valence-corrected chi connectivity index (χ4v) is 1.89. The minimum Gasteiger partial charge on any atom is -0.367 e. The molecule has 0 aliphatic carbocycles. The van der Waals surface area contributed by atoms with Gasteiger partial charge in [0.05, 0.1) is 6.61 Å². The van der Waals surface area contributed by atoms with Crippen LogP contribution < -0.4 is 5.32 Å². The zero-order valence-electron chi connectivity index (χ0n) is 10.2. The lowest BCUT2D eigenvalue weighted by Gasteiger charge is -2.20. The Morgan fingerprint density at radius 1 is 1.20 bits per heavy atom. The molecule has 2 heterocycles. The van der Waals surface area contributed by atoms with E-state index in [1.807, 2.05) is 0 Å². The van der Waals surface area contributed by atoms with Crippen LogP contribution in [0.25, 0.3) is 11.5 Å². The molecule has 3 rings (SSSR count). The van der Waals surface area contributed by atoms with Crippen molar-refractivity contribution >= 4 is 0 Å². The Kier molecular flexibility index (Phi) is 3.41. The minimum atomic E-state index is -1.53. The Bertz CT molecular complexity index is 603. The quantitative estimate of drug-likeness (QED) is 0.853. The van der Waals surface area contributed by atoms with E-state index < -0.39 is 17.5 Å². The molecule has 0 spiro atoms. The highest BCUT2D eigenvalue weighted by Crippen LogP contribution is 2.24. The fourth-order valence-electron chi connectivity index (χ4n) is 1.89. The van der Waals surface area contributed by atoms with Gasteiger partial charge in [-0.2, -0.15) is 4.98 Å². The zero-order chi connectivity index (χ0) is 14.1. The van der Waals surface area contributed by atoms with Gasteiger partial charge in [0.15, 0.2) is 17.5 Å². The van der Waals surface area contributed by atoms with Crippen LogP contribution in [0.3, 0.4) is 0 Å². The maximum Gasteiger partial charge on any atom is 0.258 e. The first-order valence-corrected chi connectivity index (χ1v) is 5.96. The van der Waals surface area contributed by atoms with Crippen molar-refractivity contribution in [1.29, 1.82) is 0 Å². The summed E-state index contributed by atoms with van der Waals surface area (Å²) in [5, 5.41) is 6.80. The summed E-state index contributed by atoms with van der Waals surface area (Å²) in [6, 6.07) is 1.60. The van der Waals surface area contributed by atoms with E-state index >= 15 is 0 Å². The van der Waals surface area contributed by atoms with E-state index in [1.54, 1.807) is 0 Å². The zero-order valence-corrected chi connectivity index (χ0v) is 10.2. The first-order chi connectivity index (χ1) is 9.65. The van der Waals surface area contributed by atoms with Crippen LogP contribution in [0.15, 0.2) is 16.7 Å². The maximum absolute atomic E-state index is 13.1. The van der Waals surface area contributed by atoms with Crippen LogP contribution in [0.5, 0.6) is 0 Å². The van der Waals surface area contributed by atoms with Gasteiger partial charge in [-0.15, -0.1) is 0 Å². The molecule has 1 atom stereocenters. The molecular formula is C12H10F3N3O2. The molecule has 0 amide bonds. The van der Waals surface area contributed by atoms with Crippen LogP contribution in [-0.2, 0) is 4.74 Å². The fraction of sp³-hybridized carbons (Fsp3) is 0.333. The van der Waals surface area contributed by atoms with Crippen LogP contribution in [0.4, 0.5) is 13.2 Å². The Balaban J connectivity index is 1.89. The standard InChI is InChI=1S/C12H10F3N3O2/c13-7-3-6(4-8(14)10(7)15)12-17-11(18-20-12)9-5-16-1-2-19-9/h3-4,9,16H,1-2,5H2. The predicted octanol–water partition coefficient (Wildman–Crippen LogP) is 1.81. The van der Waals surface area contributed by atoms with Crippen molar-refractivity contribution in [2.45, 2.75) is 6.10 Å². The largest absolute Gasteiger partial charge is 0.367 e. The van der Waals surface area contributed by atoms with Crippen LogP contribution >= 0.6 is 0 Å². The number of nitrogens with one attached hydrogen (secondary N) is 1. The van der Waals surface area contributed by atoms with Gasteiger partial charge in [0, 0.05) is 18.7 Å². The predicted molar refractivity (Wildman–Crippen MR) is 61.2 cm³/mol. The van der Waals surface area contributed by atoms with E-state index in [-0.39, 0.29) is 23.4 Å². The number of aromatic nitrogens is 2. The number of halogens is 3. The van der Waals surface area contributed by atoms with Crippen molar-refractivity contribution in [1.82, 2.24) is 15.5 Å². The topological polar surface area (TPSA) is 60.2 Å². The summed E-state index contributed by atoms with van der Waals surface area (Å²) in [7, 11) is 0. The SMILES string of the molecule is Fc1cc(-c2nc(C3CNCCO3)no2)cc(F)c1F. The smallest absolute Gasteiger partial charge is 0.258 e. The molecule has 0 radical (unpaired) electrons. The monoisotopic (exact) mass is 285 g/mol. The molecule has 8 heteroatoms. The summed E-state index contributed by atoms with van der Waals surface area (Å²) in [4.78, 5) is 4.02. The number of ether oxygens (including phenoxy) is 1. The van der Waals surface area contributed by atoms with E-state index in [9.17, 15) is 13.2 Å². The molecular weight excluding hydrogens is 275 g/mol. The molecule has 2 aromatic rings. The van der Waals surface area contributed by atoms with E-state index in [0.717, 1.165) is 18.7 Å². The highest BCUT2D eigenvalue weighted by molar-refractivity contribution is 5.53. The number of hydrogen-bond acceptors (Lipinski definition) is 5. The minimum absolute atomic E-state index is 0.0241. The van der Waals surface area contributed by atoms with Gasteiger partial charge < -0.3 is 14.6 Å². The first kappa shape index (κ1) is 13.1. The normalized spacial score (nSPS) is 19.2. The van der Waals surface area contributed by atoms with Crippen LogP contribution in [0, 0.1) is 17.5 Å². The Hall–Kier alpha value is -1.93. The second-order valence-electron chi connectivity index (χ2n) is 4.28. The molecule has 1 saturated heterocycles. The van der Waals surface area contributed by atoms with E-state index in [0.29, 0.717) is 13.2 Å². The Morgan fingerprint density at radius 3 is 2.60 bits per heavy atom. The van der Waals surface area contributed by atoms with Crippen molar-refractivity contribution in [3.63, 3.8) is 0 Å². The lowest BCUT2D eigenvalue weighted by atomic mass is 10.2. The lowest BCUT2D eigenvalue weighted by molar-refractivity contribution is 0.0208. The molecule has 0 saturated carbocycles. The highest BCUT2D eigenvalue weighted by atomic mass is 19.2. The average Bonchev–Trinajstić information content (AvgIpc) is 2.95. The van der Waals surface area contributed by atoms with Crippen LogP contribution in [-0.4, -0.2) is 29.8 Å². The van der Waals surface area contributed by atoms with Crippen LogP contribution in [0.1, 0.15) is 11.9 Å². The van der Waals surface area contributed by atoms with Crippen molar-refractivity contribution < 1.29 is 22.4 Å². The number of morpholine rings is 1. The van der Waals surface area contributed by atoms with E-state index in [1.165, 1.54) is 0 Å². The van der Waals surface area contributed by atoms with Gasteiger partial charge in [-0.1, -0.05) is 5.16 Å². The summed E-state index contributed by atoms with van der Waals surface area (Å²) < 4.78 is 49.5. The first-order valence-electron chi connectivity index (χ1n) is 5.96. The number of benzene rings is 1. The van der Waals surface area contributed by atoms with Crippen molar-refractivity contribution in [3.8, 4) is 11.5 Å². The van der Waals surface area contributed by atoms with Crippen LogP contribution in [0.2, 0.25) is 0 Å². The summed E-state index contributed by atoms with van der Waals surface area (Å²) >= 11 is 0. The molecule has 1 N–H and O–H groups in total. The van der Waals surface area contributed by atoms with Crippen molar-refractivity contribution in [2.75, 3.05) is 19.7 Å². The summed E-state index contributed by atoms with van der Waals surface area (Å²) in [6.07, 6.45) is -0.378. The molecule has 1 unspecified atom stereocenters. The van der Waals surface area contributed by atoms with Gasteiger partial charge in [0.2, 0.25) is 5.82 Å². The molecule has 0 bridgehead atoms. The maximum atomic E-state index is 13.1. The Labute approximate surface area is 111 Å².